The monoisotopic (exact) mass is 367 g/mol. The average Bonchev–Trinajstić information content (AvgIpc) is 2.69. The maximum atomic E-state index is 2.53. The maximum Gasteiger partial charge on any atom is -1.00 e. The molecule has 0 bridgehead atoms. The Labute approximate surface area is 151 Å². The van der Waals surface area contributed by atoms with Crippen molar-refractivity contribution in [3.8, 4) is 0 Å². The molecule has 0 N–H and O–H groups in total. The van der Waals surface area contributed by atoms with Gasteiger partial charge in [0, 0.05) is 0 Å². The van der Waals surface area contributed by atoms with Crippen molar-refractivity contribution in [3.63, 3.8) is 0 Å². The van der Waals surface area contributed by atoms with Gasteiger partial charge in [0.25, 0.3) is 0 Å². The van der Waals surface area contributed by atoms with Gasteiger partial charge in [0.2, 0.25) is 0 Å². The van der Waals surface area contributed by atoms with Crippen LogP contribution in [0, 0.1) is 11.8 Å². The molecular weight excluding hydrogens is 341 g/mol. The predicted molar refractivity (Wildman–Crippen MR) is 77.2 cm³/mol. The van der Waals surface area contributed by atoms with E-state index >= 15 is 0 Å². The summed E-state index contributed by atoms with van der Waals surface area (Å²) in [5, 5.41) is 0. The molecule has 2 aliphatic rings. The third-order valence-corrected chi connectivity index (χ3v) is 11.8. The number of allylic oxidation sites excluding steroid dienone is 4. The summed E-state index contributed by atoms with van der Waals surface area (Å²) < 4.78 is 1.34. The van der Waals surface area contributed by atoms with Crippen molar-refractivity contribution in [1.29, 1.82) is 0 Å². The van der Waals surface area contributed by atoms with Crippen molar-refractivity contribution in [3.05, 3.63) is 24.3 Å². The fraction of sp³-hybridized carbons (Fsp3) is 0.733. The Morgan fingerprint density at radius 1 is 1.00 bits per heavy atom. The third kappa shape index (κ3) is 3.64. The van der Waals surface area contributed by atoms with Crippen molar-refractivity contribution in [1.82, 2.24) is 0 Å². The van der Waals surface area contributed by atoms with E-state index in [1.165, 1.54) is 15.5 Å². The van der Waals surface area contributed by atoms with Crippen molar-refractivity contribution >= 4 is 8.96 Å². The van der Waals surface area contributed by atoms with E-state index in [-0.39, 0.29) is 24.8 Å². The molecule has 20 heavy (non-hydrogen) atoms. The SMILES string of the molecule is C[SiH](C)[N+]([Ti])(C1CC2C=CC=CC2C1)C(C)(C)C.[Cl-].[Cl-]. The van der Waals surface area contributed by atoms with Crippen LogP contribution < -0.4 is 24.8 Å². The van der Waals surface area contributed by atoms with E-state index in [2.05, 4.69) is 78.9 Å². The fourth-order valence-corrected chi connectivity index (χ4v) is 6.97. The quantitative estimate of drug-likeness (QED) is 0.476. The van der Waals surface area contributed by atoms with Gasteiger partial charge >= 0.3 is 127 Å². The van der Waals surface area contributed by atoms with E-state index in [9.17, 15) is 0 Å². The molecule has 2 aliphatic carbocycles. The summed E-state index contributed by atoms with van der Waals surface area (Å²) in [4.78, 5) is 0. The van der Waals surface area contributed by atoms with E-state index in [0.29, 0.717) is 5.54 Å². The van der Waals surface area contributed by atoms with Crippen molar-refractivity contribution in [2.24, 2.45) is 11.8 Å². The standard InChI is InChI=1S/C15H27NSi.2ClH.Ti/c1-15(2,3)16(17(4)5)14-10-12-8-6-7-9-13(12)11-14;;;/h6-9,12-14,17H,10-11H2,1-5H3;2*1H;/q;;;+1/p-2. The molecule has 0 heterocycles. The minimum atomic E-state index is -0.746. The Morgan fingerprint density at radius 2 is 1.40 bits per heavy atom. The zero-order chi connectivity index (χ0) is 13.6. The first-order chi connectivity index (χ1) is 8.26. The first kappa shape index (κ1) is 21.0. The van der Waals surface area contributed by atoms with Gasteiger partial charge in [-0.2, -0.15) is 0 Å². The summed E-state index contributed by atoms with van der Waals surface area (Å²) in [7, 11) is -0.746. The van der Waals surface area contributed by atoms with Crippen molar-refractivity contribution in [2.75, 3.05) is 0 Å². The van der Waals surface area contributed by atoms with E-state index in [0.717, 1.165) is 17.9 Å². The van der Waals surface area contributed by atoms with Gasteiger partial charge in [-0.05, 0) is 0 Å². The summed E-state index contributed by atoms with van der Waals surface area (Å²) in [5.74, 6) is 1.63. The summed E-state index contributed by atoms with van der Waals surface area (Å²) in [6, 6.07) is 0.860. The summed E-state index contributed by atoms with van der Waals surface area (Å²) in [6.07, 6.45) is 12.2. The van der Waals surface area contributed by atoms with Crippen LogP contribution in [0.25, 0.3) is 0 Å². The second kappa shape index (κ2) is 7.48. The number of rotatable bonds is 2. The van der Waals surface area contributed by atoms with Crippen LogP contribution in [-0.2, 0) is 20.7 Å². The average molecular weight is 368 g/mol. The molecule has 115 valence electrons. The smallest absolute Gasteiger partial charge is 1.00 e. The molecule has 3 unspecified atom stereocenters. The second-order valence-electron chi connectivity index (χ2n) is 7.26. The Bertz CT molecular complexity index is 359. The second-order valence-corrected chi connectivity index (χ2v) is 12.2. The van der Waals surface area contributed by atoms with E-state index in [1.54, 1.807) is 0 Å². The summed E-state index contributed by atoms with van der Waals surface area (Å²) in [5.41, 5.74) is 0.381. The zero-order valence-corrected chi connectivity index (χ0v) is 17.5. The molecule has 0 saturated heterocycles. The molecule has 0 amide bonds. The minimum Gasteiger partial charge on any atom is -1.00 e. The van der Waals surface area contributed by atoms with Crippen LogP contribution in [0.4, 0.5) is 0 Å². The first-order valence-electron chi connectivity index (χ1n) is 7.25. The number of quaternary nitrogens is 1. The topological polar surface area (TPSA) is 0 Å². The fourth-order valence-electron chi connectivity index (χ4n) is 4.01. The number of fused-ring (bicyclic) bond motifs is 1. The molecule has 3 atom stereocenters. The molecule has 0 aromatic heterocycles. The van der Waals surface area contributed by atoms with Crippen LogP contribution in [0.1, 0.15) is 33.6 Å². The number of nitrogens with zero attached hydrogens (tertiary/aromatic N) is 1. The molecule has 0 radical (unpaired) electrons. The van der Waals surface area contributed by atoms with Gasteiger partial charge in [-0.15, -0.1) is 0 Å². The van der Waals surface area contributed by atoms with Crippen LogP contribution in [0.2, 0.25) is 13.1 Å². The van der Waals surface area contributed by atoms with E-state index < -0.39 is 8.96 Å². The van der Waals surface area contributed by atoms with Gasteiger partial charge in [-0.3, -0.25) is 0 Å². The molecule has 0 spiro atoms. The number of hydrogen-bond acceptors (Lipinski definition) is 0. The zero-order valence-electron chi connectivity index (χ0n) is 13.2. The van der Waals surface area contributed by atoms with Crippen molar-refractivity contribution in [2.45, 2.75) is 58.3 Å². The number of halogens is 2. The molecule has 5 heteroatoms. The van der Waals surface area contributed by atoms with Gasteiger partial charge in [-0.1, -0.05) is 0 Å². The maximum absolute atomic E-state index is 2.53. The molecule has 1 nitrogen and oxygen atoms in total. The van der Waals surface area contributed by atoms with Crippen molar-refractivity contribution < 1.29 is 48.1 Å². The van der Waals surface area contributed by atoms with Crippen LogP contribution in [-0.4, -0.2) is 23.2 Å². The Kier molecular flexibility index (Phi) is 7.84. The van der Waals surface area contributed by atoms with Gasteiger partial charge in [-0.25, -0.2) is 0 Å². The normalized spacial score (nSPS) is 31.1. The molecule has 1 saturated carbocycles. The van der Waals surface area contributed by atoms with Gasteiger partial charge in [0.05, 0.1) is 0 Å². The number of hydrogen-bond donors (Lipinski definition) is 0. The molecule has 1 fully saturated rings. The van der Waals surface area contributed by atoms with Crippen LogP contribution >= 0.6 is 0 Å². The Balaban J connectivity index is 0.00000180. The largest absolute Gasteiger partial charge is 1.00 e. The first-order valence-corrected chi connectivity index (χ1v) is 10.8. The Hall–Kier alpha value is 0.951. The van der Waals surface area contributed by atoms with Crippen LogP contribution in [0.15, 0.2) is 24.3 Å². The molecule has 2 rings (SSSR count). The van der Waals surface area contributed by atoms with Crippen LogP contribution in [0.5, 0.6) is 0 Å². The third-order valence-electron chi connectivity index (χ3n) is 4.97. The van der Waals surface area contributed by atoms with Crippen LogP contribution in [0.3, 0.4) is 0 Å². The summed E-state index contributed by atoms with van der Waals surface area (Å²) in [6.45, 7) is 12.4. The van der Waals surface area contributed by atoms with Gasteiger partial charge < -0.3 is 24.8 Å². The van der Waals surface area contributed by atoms with E-state index in [1.807, 2.05) is 0 Å². The Morgan fingerprint density at radius 3 is 1.70 bits per heavy atom. The molecule has 0 aromatic carbocycles. The summed E-state index contributed by atoms with van der Waals surface area (Å²) >= 11 is 2.53. The minimum absolute atomic E-state index is 0. The predicted octanol–water partition coefficient (Wildman–Crippen LogP) is -2.42. The molecule has 0 aromatic rings. The van der Waals surface area contributed by atoms with E-state index in [4.69, 9.17) is 0 Å². The molecule has 0 aliphatic heterocycles. The van der Waals surface area contributed by atoms with Gasteiger partial charge in [0.15, 0.2) is 0 Å². The van der Waals surface area contributed by atoms with Gasteiger partial charge in [0.1, 0.15) is 0 Å². The molecular formula is C15H27Cl2NSiTi-.